The summed E-state index contributed by atoms with van der Waals surface area (Å²) < 4.78 is 5.23. The Morgan fingerprint density at radius 2 is 2.00 bits per heavy atom. The summed E-state index contributed by atoms with van der Waals surface area (Å²) in [4.78, 5) is 24.1. The topological polar surface area (TPSA) is 51.8 Å². The number of likely N-dealkylation sites (N-methyl/N-ethyl adjacent to an activating group) is 1. The molecule has 2 saturated heterocycles. The van der Waals surface area contributed by atoms with Crippen molar-refractivity contribution in [2.45, 2.75) is 38.6 Å². The molecular formula is C25H38N4O2. The second kappa shape index (κ2) is 10.6. The fraction of sp³-hybridized carbons (Fsp3) is 0.640. The third kappa shape index (κ3) is 5.48. The van der Waals surface area contributed by atoms with Gasteiger partial charge in [-0.05, 0) is 81.4 Å². The molecule has 6 nitrogen and oxygen atoms in total. The van der Waals surface area contributed by atoms with Crippen molar-refractivity contribution in [3.8, 4) is 0 Å². The highest BCUT2D eigenvalue weighted by atomic mass is 16.5. The minimum atomic E-state index is 0.182. The van der Waals surface area contributed by atoms with E-state index in [1.54, 1.807) is 7.11 Å². The van der Waals surface area contributed by atoms with Crippen LogP contribution in [0.4, 0.5) is 0 Å². The van der Waals surface area contributed by atoms with Gasteiger partial charge in [0.2, 0.25) is 0 Å². The first kappa shape index (κ1) is 22.3. The van der Waals surface area contributed by atoms with Crippen molar-refractivity contribution in [3.05, 3.63) is 36.0 Å². The molecule has 1 amide bonds. The quantitative estimate of drug-likeness (QED) is 0.667. The van der Waals surface area contributed by atoms with Gasteiger partial charge < -0.3 is 19.5 Å². The van der Waals surface area contributed by atoms with Crippen LogP contribution >= 0.6 is 0 Å². The molecule has 1 aromatic heterocycles. The monoisotopic (exact) mass is 426 g/mol. The maximum atomic E-state index is 13.6. The number of benzene rings is 1. The van der Waals surface area contributed by atoms with E-state index in [1.165, 1.54) is 12.8 Å². The van der Waals surface area contributed by atoms with E-state index in [0.29, 0.717) is 12.0 Å². The van der Waals surface area contributed by atoms with Crippen molar-refractivity contribution in [2.75, 3.05) is 59.5 Å². The highest BCUT2D eigenvalue weighted by molar-refractivity contribution is 5.98. The number of rotatable bonds is 9. The molecule has 170 valence electrons. The Morgan fingerprint density at radius 1 is 1.16 bits per heavy atom. The predicted octanol–water partition coefficient (Wildman–Crippen LogP) is 3.45. The molecule has 0 saturated carbocycles. The first-order valence-electron chi connectivity index (χ1n) is 12.0. The van der Waals surface area contributed by atoms with Gasteiger partial charge in [-0.1, -0.05) is 13.0 Å². The molecule has 2 aromatic rings. The van der Waals surface area contributed by atoms with Crippen LogP contribution < -0.4 is 0 Å². The number of carbonyl (C=O) groups excluding carboxylic acids is 1. The van der Waals surface area contributed by atoms with Crippen molar-refractivity contribution >= 4 is 16.8 Å². The largest absolute Gasteiger partial charge is 0.383 e. The number of likely N-dealkylation sites (tertiary alicyclic amines) is 2. The maximum absolute atomic E-state index is 13.6. The van der Waals surface area contributed by atoms with Gasteiger partial charge in [0, 0.05) is 50.1 Å². The number of hydrogen-bond donors (Lipinski definition) is 1. The summed E-state index contributed by atoms with van der Waals surface area (Å²) in [6.07, 6.45) is 6.69. The van der Waals surface area contributed by atoms with Gasteiger partial charge in [0.05, 0.1) is 6.61 Å². The molecule has 3 heterocycles. The summed E-state index contributed by atoms with van der Waals surface area (Å²) >= 11 is 0. The predicted molar refractivity (Wildman–Crippen MR) is 126 cm³/mol. The van der Waals surface area contributed by atoms with Gasteiger partial charge in [-0.2, -0.15) is 0 Å². The zero-order valence-electron chi connectivity index (χ0n) is 19.2. The van der Waals surface area contributed by atoms with E-state index >= 15 is 0 Å². The number of H-pyrrole nitrogens is 1. The van der Waals surface area contributed by atoms with Crippen molar-refractivity contribution in [3.63, 3.8) is 0 Å². The summed E-state index contributed by atoms with van der Waals surface area (Å²) in [5.74, 6) is 0.759. The van der Waals surface area contributed by atoms with E-state index in [1.807, 2.05) is 18.3 Å². The standard InChI is InChI=1S/C25H38N4O2/c1-3-28-12-4-5-23(28)19-29(18-20-9-13-27(14-10-20)15-16-31-2)25(30)22-7-6-21-8-11-26-24(21)17-22/h6-8,11,17,20,23,26H,3-5,9-10,12-16,18-19H2,1-2H3. The zero-order valence-corrected chi connectivity index (χ0v) is 19.2. The minimum Gasteiger partial charge on any atom is -0.383 e. The number of fused-ring (bicyclic) bond motifs is 1. The van der Waals surface area contributed by atoms with E-state index in [0.717, 1.165) is 81.7 Å². The average molecular weight is 427 g/mol. The summed E-state index contributed by atoms with van der Waals surface area (Å²) in [5.41, 5.74) is 1.84. The molecule has 6 heteroatoms. The molecule has 0 aliphatic carbocycles. The van der Waals surface area contributed by atoms with Gasteiger partial charge in [-0.3, -0.25) is 9.69 Å². The van der Waals surface area contributed by atoms with E-state index in [4.69, 9.17) is 4.74 Å². The SMILES string of the molecule is CCN1CCCC1CN(CC1CCN(CCOC)CC1)C(=O)c1ccc2cc[nH]c2c1. The van der Waals surface area contributed by atoms with E-state index in [2.05, 4.69) is 38.7 Å². The van der Waals surface area contributed by atoms with Crippen molar-refractivity contribution < 1.29 is 9.53 Å². The van der Waals surface area contributed by atoms with Gasteiger partial charge in [0.1, 0.15) is 0 Å². The third-order valence-electron chi connectivity index (χ3n) is 7.22. The number of nitrogens with one attached hydrogen (secondary N) is 1. The highest BCUT2D eigenvalue weighted by Gasteiger charge is 2.30. The molecule has 1 aromatic carbocycles. The first-order chi connectivity index (χ1) is 15.2. The van der Waals surface area contributed by atoms with Gasteiger partial charge in [-0.15, -0.1) is 0 Å². The highest BCUT2D eigenvalue weighted by Crippen LogP contribution is 2.24. The Hall–Kier alpha value is -1.89. The Bertz CT molecular complexity index is 843. The van der Waals surface area contributed by atoms with Crippen molar-refractivity contribution in [1.29, 1.82) is 0 Å². The van der Waals surface area contributed by atoms with Crippen molar-refractivity contribution in [2.24, 2.45) is 5.92 Å². The molecule has 2 aliphatic heterocycles. The molecule has 4 rings (SSSR count). The Morgan fingerprint density at radius 3 is 2.77 bits per heavy atom. The molecule has 1 unspecified atom stereocenters. The molecule has 1 atom stereocenters. The lowest BCUT2D eigenvalue weighted by atomic mass is 9.95. The summed E-state index contributed by atoms with van der Waals surface area (Å²) in [6, 6.07) is 8.61. The molecule has 0 spiro atoms. The van der Waals surface area contributed by atoms with Gasteiger partial charge in [0.15, 0.2) is 0 Å². The van der Waals surface area contributed by atoms with Crippen LogP contribution in [0.15, 0.2) is 30.5 Å². The number of ether oxygens (including phenoxy) is 1. The number of hydrogen-bond acceptors (Lipinski definition) is 4. The number of piperidine rings is 1. The van der Waals surface area contributed by atoms with E-state index in [-0.39, 0.29) is 5.91 Å². The van der Waals surface area contributed by atoms with Crippen LogP contribution in [0, 0.1) is 5.92 Å². The summed E-state index contributed by atoms with van der Waals surface area (Å²) in [6.45, 7) is 10.2. The van der Waals surface area contributed by atoms with Crippen LogP contribution in [0.25, 0.3) is 10.9 Å². The molecule has 31 heavy (non-hydrogen) atoms. The van der Waals surface area contributed by atoms with Crippen molar-refractivity contribution in [1.82, 2.24) is 19.7 Å². The maximum Gasteiger partial charge on any atom is 0.253 e. The van der Waals surface area contributed by atoms with E-state index in [9.17, 15) is 4.79 Å². The molecular weight excluding hydrogens is 388 g/mol. The number of aromatic nitrogens is 1. The fourth-order valence-corrected chi connectivity index (χ4v) is 5.30. The third-order valence-corrected chi connectivity index (χ3v) is 7.22. The molecule has 2 fully saturated rings. The Labute approximate surface area is 186 Å². The molecule has 0 bridgehead atoms. The number of amides is 1. The fourth-order valence-electron chi connectivity index (χ4n) is 5.30. The smallest absolute Gasteiger partial charge is 0.253 e. The first-order valence-corrected chi connectivity index (χ1v) is 12.0. The molecule has 1 N–H and O–H groups in total. The lowest BCUT2D eigenvalue weighted by Gasteiger charge is -2.36. The lowest BCUT2D eigenvalue weighted by molar-refractivity contribution is 0.0617. The number of nitrogens with zero attached hydrogens (tertiary/aromatic N) is 3. The normalized spacial score (nSPS) is 21.2. The van der Waals surface area contributed by atoms with Crippen LogP contribution in [0.3, 0.4) is 0 Å². The van der Waals surface area contributed by atoms with Gasteiger partial charge in [-0.25, -0.2) is 0 Å². The summed E-state index contributed by atoms with van der Waals surface area (Å²) in [7, 11) is 1.77. The zero-order chi connectivity index (χ0) is 21.6. The van der Waals surface area contributed by atoms with Crippen LogP contribution in [0.5, 0.6) is 0 Å². The van der Waals surface area contributed by atoms with Gasteiger partial charge in [0.25, 0.3) is 5.91 Å². The van der Waals surface area contributed by atoms with Crippen LogP contribution in [0.1, 0.15) is 43.0 Å². The van der Waals surface area contributed by atoms with Crippen LogP contribution in [-0.2, 0) is 4.74 Å². The summed E-state index contributed by atoms with van der Waals surface area (Å²) in [5, 5.41) is 1.15. The van der Waals surface area contributed by atoms with Crippen LogP contribution in [-0.4, -0.2) is 91.2 Å². The van der Waals surface area contributed by atoms with E-state index < -0.39 is 0 Å². The Kier molecular flexibility index (Phi) is 7.64. The minimum absolute atomic E-state index is 0.182. The average Bonchev–Trinajstić information content (AvgIpc) is 3.46. The second-order valence-corrected chi connectivity index (χ2v) is 9.19. The molecule has 0 radical (unpaired) electrons. The van der Waals surface area contributed by atoms with Crippen LogP contribution in [0.2, 0.25) is 0 Å². The number of aromatic amines is 1. The Balaban J connectivity index is 1.45. The number of methoxy groups -OCH3 is 1. The lowest BCUT2D eigenvalue weighted by Crippen LogP contribution is -2.46. The second-order valence-electron chi connectivity index (χ2n) is 9.19. The number of carbonyl (C=O) groups is 1. The molecule has 2 aliphatic rings. The van der Waals surface area contributed by atoms with Gasteiger partial charge >= 0.3 is 0 Å².